The number of hydrogen-bond donors (Lipinski definition) is 2. The number of pyridine rings is 1. The summed E-state index contributed by atoms with van der Waals surface area (Å²) in [4.78, 5) is 39.5. The standard InChI is InChI=1S/C16H15N3O4/c1-17-16(22)19-14(20)13(11-6-3-2-4-7-11)23-15(21)12-8-5-9-18-10-12/h2-10,13H,1H3,(H2,17,19,20,22)/t13-/m0/s1. The molecule has 1 aromatic heterocycles. The van der Waals surface area contributed by atoms with Gasteiger partial charge in [0.1, 0.15) is 0 Å². The van der Waals surface area contributed by atoms with Crippen molar-refractivity contribution in [1.29, 1.82) is 0 Å². The smallest absolute Gasteiger partial charge is 0.340 e. The lowest BCUT2D eigenvalue weighted by atomic mass is 10.1. The quantitative estimate of drug-likeness (QED) is 0.832. The van der Waals surface area contributed by atoms with Crippen LogP contribution in [0.15, 0.2) is 54.9 Å². The first-order valence-corrected chi connectivity index (χ1v) is 6.80. The number of rotatable bonds is 4. The number of urea groups is 1. The number of imide groups is 1. The van der Waals surface area contributed by atoms with Crippen molar-refractivity contribution in [2.75, 3.05) is 7.05 Å². The van der Waals surface area contributed by atoms with E-state index in [9.17, 15) is 14.4 Å². The number of carbonyl (C=O) groups excluding carboxylic acids is 3. The monoisotopic (exact) mass is 313 g/mol. The average molecular weight is 313 g/mol. The Bertz CT molecular complexity index is 689. The second kappa shape index (κ2) is 7.69. The molecule has 0 saturated carbocycles. The molecular weight excluding hydrogens is 298 g/mol. The number of amides is 3. The average Bonchev–Trinajstić information content (AvgIpc) is 2.60. The first-order valence-electron chi connectivity index (χ1n) is 6.80. The fourth-order valence-electron chi connectivity index (χ4n) is 1.80. The fourth-order valence-corrected chi connectivity index (χ4v) is 1.80. The summed E-state index contributed by atoms with van der Waals surface area (Å²) < 4.78 is 5.26. The van der Waals surface area contributed by atoms with E-state index in [1.165, 1.54) is 25.5 Å². The molecule has 0 aliphatic heterocycles. The summed E-state index contributed by atoms with van der Waals surface area (Å²) >= 11 is 0. The molecule has 0 aliphatic rings. The van der Waals surface area contributed by atoms with Crippen molar-refractivity contribution in [3.63, 3.8) is 0 Å². The van der Waals surface area contributed by atoms with Crippen LogP contribution >= 0.6 is 0 Å². The topological polar surface area (TPSA) is 97.4 Å². The van der Waals surface area contributed by atoms with Gasteiger partial charge in [-0.05, 0) is 12.1 Å². The molecule has 0 radical (unpaired) electrons. The number of ether oxygens (including phenoxy) is 1. The highest BCUT2D eigenvalue weighted by Gasteiger charge is 2.26. The summed E-state index contributed by atoms with van der Waals surface area (Å²) in [6.45, 7) is 0. The lowest BCUT2D eigenvalue weighted by Crippen LogP contribution is -2.41. The molecule has 2 N–H and O–H groups in total. The molecule has 0 unspecified atom stereocenters. The molecule has 0 bridgehead atoms. The fraction of sp³-hybridized carbons (Fsp3) is 0.125. The van der Waals surface area contributed by atoms with Crippen molar-refractivity contribution >= 4 is 17.9 Å². The number of nitrogens with zero attached hydrogens (tertiary/aromatic N) is 1. The first kappa shape index (κ1) is 16.2. The highest BCUT2D eigenvalue weighted by molar-refractivity contribution is 5.99. The predicted octanol–water partition coefficient (Wildman–Crippen LogP) is 1.44. The van der Waals surface area contributed by atoms with E-state index in [2.05, 4.69) is 15.6 Å². The maximum absolute atomic E-state index is 12.2. The van der Waals surface area contributed by atoms with Gasteiger partial charge in [-0.3, -0.25) is 15.1 Å². The van der Waals surface area contributed by atoms with Gasteiger partial charge in [-0.25, -0.2) is 9.59 Å². The lowest BCUT2D eigenvalue weighted by Gasteiger charge is -2.17. The third-order valence-electron chi connectivity index (χ3n) is 2.93. The van der Waals surface area contributed by atoms with E-state index in [-0.39, 0.29) is 5.56 Å². The van der Waals surface area contributed by atoms with Crippen LogP contribution < -0.4 is 10.6 Å². The van der Waals surface area contributed by atoms with Crippen LogP contribution in [0.1, 0.15) is 22.0 Å². The zero-order chi connectivity index (χ0) is 16.7. The Morgan fingerprint density at radius 3 is 2.43 bits per heavy atom. The molecule has 1 heterocycles. The van der Waals surface area contributed by atoms with Crippen molar-refractivity contribution in [3.05, 3.63) is 66.0 Å². The van der Waals surface area contributed by atoms with E-state index in [4.69, 9.17) is 4.74 Å². The van der Waals surface area contributed by atoms with Gasteiger partial charge in [0.15, 0.2) is 0 Å². The van der Waals surface area contributed by atoms with Crippen molar-refractivity contribution in [2.24, 2.45) is 0 Å². The summed E-state index contributed by atoms with van der Waals surface area (Å²) in [6, 6.07) is 10.8. The third kappa shape index (κ3) is 4.37. The van der Waals surface area contributed by atoms with Crippen LogP contribution in [0.4, 0.5) is 4.79 Å². The SMILES string of the molecule is CNC(=O)NC(=O)[C@@H](OC(=O)c1cccnc1)c1ccccc1. The number of nitrogens with one attached hydrogen (secondary N) is 2. The Morgan fingerprint density at radius 2 is 1.83 bits per heavy atom. The molecule has 7 nitrogen and oxygen atoms in total. The minimum absolute atomic E-state index is 0.209. The van der Waals surface area contributed by atoms with Crippen LogP contribution in [0.3, 0.4) is 0 Å². The summed E-state index contributed by atoms with van der Waals surface area (Å²) in [5.74, 6) is -1.45. The van der Waals surface area contributed by atoms with Gasteiger partial charge in [0.2, 0.25) is 6.10 Å². The molecule has 0 saturated heterocycles. The molecular formula is C16H15N3O4. The maximum atomic E-state index is 12.2. The van der Waals surface area contributed by atoms with Gasteiger partial charge in [-0.15, -0.1) is 0 Å². The molecule has 23 heavy (non-hydrogen) atoms. The molecule has 2 rings (SSSR count). The number of benzene rings is 1. The molecule has 1 aromatic carbocycles. The van der Waals surface area contributed by atoms with E-state index in [1.807, 2.05) is 0 Å². The van der Waals surface area contributed by atoms with Gasteiger partial charge in [0, 0.05) is 25.0 Å². The van der Waals surface area contributed by atoms with Gasteiger partial charge in [-0.1, -0.05) is 30.3 Å². The number of esters is 1. The van der Waals surface area contributed by atoms with Gasteiger partial charge in [0.05, 0.1) is 5.56 Å². The van der Waals surface area contributed by atoms with Crippen LogP contribution in [-0.4, -0.2) is 29.9 Å². The highest BCUT2D eigenvalue weighted by atomic mass is 16.5. The van der Waals surface area contributed by atoms with Crippen molar-refractivity contribution in [2.45, 2.75) is 6.10 Å². The zero-order valence-corrected chi connectivity index (χ0v) is 12.4. The minimum Gasteiger partial charge on any atom is -0.444 e. The van der Waals surface area contributed by atoms with Gasteiger partial charge in [0.25, 0.3) is 5.91 Å². The van der Waals surface area contributed by atoms with Gasteiger partial charge in [-0.2, -0.15) is 0 Å². The number of aromatic nitrogens is 1. The Balaban J connectivity index is 2.22. The van der Waals surface area contributed by atoms with Crippen LogP contribution in [0.5, 0.6) is 0 Å². The lowest BCUT2D eigenvalue weighted by molar-refractivity contribution is -0.129. The van der Waals surface area contributed by atoms with Crippen LogP contribution in [0.2, 0.25) is 0 Å². The molecule has 118 valence electrons. The summed E-state index contributed by atoms with van der Waals surface area (Å²) in [5, 5.41) is 4.37. The molecule has 2 aromatic rings. The Morgan fingerprint density at radius 1 is 1.09 bits per heavy atom. The number of carbonyl (C=O) groups is 3. The van der Waals surface area contributed by atoms with Crippen molar-refractivity contribution in [1.82, 2.24) is 15.6 Å². The molecule has 0 aliphatic carbocycles. The maximum Gasteiger partial charge on any atom is 0.340 e. The minimum atomic E-state index is -1.25. The normalized spacial score (nSPS) is 11.2. The van der Waals surface area contributed by atoms with Gasteiger partial charge < -0.3 is 10.1 Å². The van der Waals surface area contributed by atoms with Gasteiger partial charge >= 0.3 is 12.0 Å². The van der Waals surface area contributed by atoms with Crippen molar-refractivity contribution in [3.8, 4) is 0 Å². The Labute approximate surface area is 132 Å². The molecule has 3 amide bonds. The van der Waals surface area contributed by atoms with E-state index >= 15 is 0 Å². The Hall–Kier alpha value is -3.22. The third-order valence-corrected chi connectivity index (χ3v) is 2.93. The van der Waals surface area contributed by atoms with E-state index in [0.29, 0.717) is 5.56 Å². The summed E-state index contributed by atoms with van der Waals surface area (Å²) in [6.07, 6.45) is 1.60. The zero-order valence-electron chi connectivity index (χ0n) is 12.4. The van der Waals surface area contributed by atoms with E-state index in [0.717, 1.165) is 0 Å². The number of hydrogen-bond acceptors (Lipinski definition) is 5. The molecule has 0 spiro atoms. The molecule has 0 fully saturated rings. The Kier molecular flexibility index (Phi) is 5.40. The second-order valence-corrected chi connectivity index (χ2v) is 4.51. The predicted molar refractivity (Wildman–Crippen MR) is 81.4 cm³/mol. The summed E-state index contributed by atoms with van der Waals surface area (Å²) in [7, 11) is 1.38. The highest BCUT2D eigenvalue weighted by Crippen LogP contribution is 2.19. The second-order valence-electron chi connectivity index (χ2n) is 4.51. The largest absolute Gasteiger partial charge is 0.444 e. The van der Waals surface area contributed by atoms with E-state index < -0.39 is 24.0 Å². The van der Waals surface area contributed by atoms with Crippen LogP contribution in [0, 0.1) is 0 Å². The van der Waals surface area contributed by atoms with E-state index in [1.54, 1.807) is 36.4 Å². The first-order chi connectivity index (χ1) is 11.1. The molecule has 1 atom stereocenters. The molecule has 7 heteroatoms. The van der Waals surface area contributed by atoms with Crippen LogP contribution in [-0.2, 0) is 9.53 Å². The van der Waals surface area contributed by atoms with Crippen LogP contribution in [0.25, 0.3) is 0 Å². The summed E-state index contributed by atoms with van der Waals surface area (Å²) in [5.41, 5.74) is 0.660. The van der Waals surface area contributed by atoms with Crippen molar-refractivity contribution < 1.29 is 19.1 Å².